The van der Waals surface area contributed by atoms with Crippen LogP contribution in [-0.4, -0.2) is 79.0 Å². The molecular weight excluding hydrogens is 587 g/mol. The molecule has 4 heterocycles. The van der Waals surface area contributed by atoms with Crippen molar-refractivity contribution in [2.75, 3.05) is 24.6 Å². The summed E-state index contributed by atoms with van der Waals surface area (Å²) >= 11 is 0. The Morgan fingerprint density at radius 3 is 2.36 bits per heavy atom. The van der Waals surface area contributed by atoms with Gasteiger partial charge in [0.15, 0.2) is 5.82 Å². The number of imidazole rings is 1. The second kappa shape index (κ2) is 11.1. The molecule has 6 rings (SSSR count). The van der Waals surface area contributed by atoms with Crippen LogP contribution in [0, 0.1) is 12.8 Å². The number of aryl methyl sites for hydroxylation is 2. The highest BCUT2D eigenvalue weighted by molar-refractivity contribution is 5.84. The number of hydrogen-bond acceptors (Lipinski definition) is 7. The van der Waals surface area contributed by atoms with Gasteiger partial charge >= 0.3 is 11.9 Å². The van der Waals surface area contributed by atoms with E-state index in [2.05, 4.69) is 9.88 Å². The molecule has 5 atom stereocenters. The van der Waals surface area contributed by atoms with E-state index in [1.54, 1.807) is 7.05 Å². The molecule has 1 saturated carbocycles. The van der Waals surface area contributed by atoms with E-state index in [0.29, 0.717) is 61.0 Å². The Labute approximate surface area is 251 Å². The Balaban J connectivity index is 1.32. The third-order valence-electron chi connectivity index (χ3n) is 9.50. The quantitative estimate of drug-likeness (QED) is 0.410. The van der Waals surface area contributed by atoms with Gasteiger partial charge in [-0.3, -0.25) is 9.47 Å². The molecular formula is C30H37F5N6O3. The summed E-state index contributed by atoms with van der Waals surface area (Å²) in [6.07, 6.45) is -5.66. The minimum atomic E-state index is -4.49. The first kappa shape index (κ1) is 30.9. The van der Waals surface area contributed by atoms with E-state index in [1.807, 2.05) is 30.2 Å². The normalized spacial score (nSPS) is 27.2. The number of fused-ring (bicyclic) bond motifs is 1. The first-order valence-electron chi connectivity index (χ1n) is 15.0. The fourth-order valence-corrected chi connectivity index (χ4v) is 7.13. The summed E-state index contributed by atoms with van der Waals surface area (Å²) in [6.45, 7) is 7.31. The van der Waals surface area contributed by atoms with Gasteiger partial charge in [-0.2, -0.15) is 18.2 Å². The van der Waals surface area contributed by atoms with Crippen molar-refractivity contribution >= 4 is 17.0 Å². The second-order valence-electron chi connectivity index (χ2n) is 12.6. The number of ether oxygens (including phenoxy) is 1. The Morgan fingerprint density at radius 2 is 1.77 bits per heavy atom. The minimum Gasteiger partial charge on any atom is -0.390 e. The third-order valence-corrected chi connectivity index (χ3v) is 9.50. The smallest absolute Gasteiger partial charge is 0.390 e. The predicted octanol–water partition coefficient (Wildman–Crippen LogP) is 4.29. The fourth-order valence-electron chi connectivity index (χ4n) is 7.13. The highest BCUT2D eigenvalue weighted by Gasteiger charge is 2.51. The summed E-state index contributed by atoms with van der Waals surface area (Å²) in [5, 5.41) is 10.3. The van der Waals surface area contributed by atoms with Crippen LogP contribution < -0.4 is 10.6 Å². The molecule has 9 nitrogen and oxygen atoms in total. The summed E-state index contributed by atoms with van der Waals surface area (Å²) in [7, 11) is 1.62. The molecule has 2 saturated heterocycles. The number of alkyl halides is 5. The topological polar surface area (TPSA) is 88.7 Å². The molecule has 1 aromatic carbocycles. The van der Waals surface area contributed by atoms with Crippen LogP contribution in [0.2, 0.25) is 0 Å². The van der Waals surface area contributed by atoms with Crippen LogP contribution in [0.3, 0.4) is 0 Å². The van der Waals surface area contributed by atoms with E-state index in [4.69, 9.17) is 9.72 Å². The maximum absolute atomic E-state index is 14.1. The Morgan fingerprint density at radius 1 is 1.09 bits per heavy atom. The molecule has 3 fully saturated rings. The molecule has 3 aliphatic rings. The summed E-state index contributed by atoms with van der Waals surface area (Å²) in [4.78, 5) is 26.4. The number of benzene rings is 1. The Hall–Kier alpha value is -3.10. The average Bonchev–Trinajstić information content (AvgIpc) is 3.49. The zero-order valence-electron chi connectivity index (χ0n) is 25.1. The lowest BCUT2D eigenvalue weighted by molar-refractivity contribution is -0.138. The zero-order valence-corrected chi connectivity index (χ0v) is 25.1. The van der Waals surface area contributed by atoms with Crippen molar-refractivity contribution in [1.82, 2.24) is 24.0 Å². The summed E-state index contributed by atoms with van der Waals surface area (Å²) in [6, 6.07) is 3.90. The lowest BCUT2D eigenvalue weighted by atomic mass is 9.73. The van der Waals surface area contributed by atoms with E-state index in [0.717, 1.165) is 12.1 Å². The minimum absolute atomic E-state index is 0.209. The van der Waals surface area contributed by atoms with Crippen LogP contribution in [0.1, 0.15) is 56.1 Å². The number of hydrogen-bond donors (Lipinski definition) is 1. The molecule has 1 aliphatic carbocycles. The Kier molecular flexibility index (Phi) is 7.77. The van der Waals surface area contributed by atoms with Gasteiger partial charge in [0.05, 0.1) is 18.2 Å². The third kappa shape index (κ3) is 5.49. The van der Waals surface area contributed by atoms with Crippen molar-refractivity contribution < 1.29 is 31.8 Å². The molecule has 44 heavy (non-hydrogen) atoms. The molecule has 240 valence electrons. The molecule has 1 unspecified atom stereocenters. The van der Waals surface area contributed by atoms with Crippen LogP contribution in [0.4, 0.5) is 27.8 Å². The monoisotopic (exact) mass is 624 g/mol. The number of aliphatic hydroxyl groups is 1. The number of piperazine rings is 1. The van der Waals surface area contributed by atoms with Crippen LogP contribution in [-0.2, 0) is 24.5 Å². The maximum atomic E-state index is 14.1. The summed E-state index contributed by atoms with van der Waals surface area (Å²) < 4.78 is 77.0. The van der Waals surface area contributed by atoms with E-state index < -0.39 is 47.5 Å². The molecule has 0 amide bonds. The van der Waals surface area contributed by atoms with Gasteiger partial charge in [-0.25, -0.2) is 18.6 Å². The standard InChI is InChI=1S/C30H37F5N6O3/c1-16-14-40(26-24-27(38(4)28(43)37-26)41(18(3)36-24)15-23-22(42)9-10-44-23)17(2)13-39(16)25(20-11-29(31,32)12-20)19-5-7-21(8-6-19)30(33,34)35/h5-8,16-17,20,22-23,25,42H,9-15H2,1-4H3/t16-,17+,22-,23-,25?/m1/s1. The molecule has 1 N–H and O–H groups in total. The molecule has 2 aliphatic heterocycles. The predicted molar refractivity (Wildman–Crippen MR) is 153 cm³/mol. The fraction of sp³-hybridized carbons (Fsp3) is 0.633. The van der Waals surface area contributed by atoms with Crippen molar-refractivity contribution in [2.45, 2.75) is 89.0 Å². The number of aliphatic hydroxyl groups excluding tert-OH is 1. The van der Waals surface area contributed by atoms with Gasteiger partial charge in [0, 0.05) is 57.7 Å². The van der Waals surface area contributed by atoms with Gasteiger partial charge in [-0.1, -0.05) is 12.1 Å². The van der Waals surface area contributed by atoms with Gasteiger partial charge in [0.1, 0.15) is 23.1 Å². The van der Waals surface area contributed by atoms with Crippen molar-refractivity contribution in [2.24, 2.45) is 13.0 Å². The molecule has 0 radical (unpaired) electrons. The molecule has 3 aromatic rings. The van der Waals surface area contributed by atoms with Crippen molar-refractivity contribution in [3.8, 4) is 0 Å². The maximum Gasteiger partial charge on any atom is 0.416 e. The van der Waals surface area contributed by atoms with Gasteiger partial charge in [0.2, 0.25) is 5.92 Å². The SMILES string of the molecule is Cc1nc2c(N3C[C@@H](C)N(C(c4ccc(C(F)(F)F)cc4)C4CC(F)(F)C4)C[C@@H]3C)nc(=O)n(C)c2n1C[C@H]1OCC[C@H]1O. The van der Waals surface area contributed by atoms with Crippen LogP contribution in [0.25, 0.3) is 11.2 Å². The largest absolute Gasteiger partial charge is 0.416 e. The first-order valence-corrected chi connectivity index (χ1v) is 15.0. The van der Waals surface area contributed by atoms with Crippen LogP contribution in [0.15, 0.2) is 29.1 Å². The van der Waals surface area contributed by atoms with Crippen molar-refractivity contribution in [3.05, 3.63) is 51.7 Å². The average molecular weight is 625 g/mol. The van der Waals surface area contributed by atoms with E-state index in [9.17, 15) is 31.9 Å². The number of rotatable bonds is 6. The highest BCUT2D eigenvalue weighted by atomic mass is 19.4. The molecule has 0 spiro atoms. The number of anilines is 1. The van der Waals surface area contributed by atoms with Crippen LogP contribution in [0.5, 0.6) is 0 Å². The van der Waals surface area contributed by atoms with Gasteiger partial charge in [-0.05, 0) is 50.8 Å². The Bertz CT molecular complexity index is 1580. The molecule has 2 aromatic heterocycles. The second-order valence-corrected chi connectivity index (χ2v) is 12.6. The van der Waals surface area contributed by atoms with Gasteiger partial charge in [-0.15, -0.1) is 0 Å². The van der Waals surface area contributed by atoms with Gasteiger partial charge < -0.3 is 19.3 Å². The van der Waals surface area contributed by atoms with E-state index in [1.165, 1.54) is 16.7 Å². The molecule has 14 heteroatoms. The van der Waals surface area contributed by atoms with E-state index >= 15 is 0 Å². The number of halogens is 5. The van der Waals surface area contributed by atoms with Crippen molar-refractivity contribution in [3.63, 3.8) is 0 Å². The highest BCUT2D eigenvalue weighted by Crippen LogP contribution is 2.51. The molecule has 0 bridgehead atoms. The summed E-state index contributed by atoms with van der Waals surface area (Å²) in [5.74, 6) is -2.15. The zero-order chi connectivity index (χ0) is 31.7. The lowest BCUT2D eigenvalue weighted by Gasteiger charge is -2.52. The lowest BCUT2D eigenvalue weighted by Crippen LogP contribution is -2.60. The van der Waals surface area contributed by atoms with E-state index in [-0.39, 0.29) is 24.9 Å². The van der Waals surface area contributed by atoms with Gasteiger partial charge in [0.25, 0.3) is 0 Å². The van der Waals surface area contributed by atoms with Crippen molar-refractivity contribution in [1.29, 1.82) is 0 Å². The summed E-state index contributed by atoms with van der Waals surface area (Å²) in [5.41, 5.74) is 0.410. The first-order chi connectivity index (χ1) is 20.6. The number of nitrogens with zero attached hydrogens (tertiary/aromatic N) is 6. The van der Waals surface area contributed by atoms with Crippen LogP contribution >= 0.6 is 0 Å². The number of aromatic nitrogens is 4.